The monoisotopic (exact) mass is 267 g/mol. The van der Waals surface area contributed by atoms with E-state index in [1.165, 1.54) is 0 Å². The summed E-state index contributed by atoms with van der Waals surface area (Å²) >= 11 is 0. The van der Waals surface area contributed by atoms with Gasteiger partial charge in [0.25, 0.3) is 5.91 Å². The van der Waals surface area contributed by atoms with Gasteiger partial charge in [-0.1, -0.05) is 20.8 Å². The smallest absolute Gasteiger partial charge is 0.276 e. The standard InChI is InChI=1S/C13H21N3O3/c1-8(14-12(18)13(2,3)4)10-6-9(7-16(10)5)11(17)15-19/h6-8,19H,1-5H3,(H,14,18)(H,15,17). The molecule has 0 saturated carbocycles. The summed E-state index contributed by atoms with van der Waals surface area (Å²) in [6.45, 7) is 7.36. The van der Waals surface area contributed by atoms with Crippen LogP contribution in [0.5, 0.6) is 0 Å². The number of hydroxylamine groups is 1. The first-order chi connectivity index (χ1) is 8.66. The lowest BCUT2D eigenvalue weighted by Crippen LogP contribution is -2.36. The van der Waals surface area contributed by atoms with Crippen LogP contribution in [0, 0.1) is 5.41 Å². The van der Waals surface area contributed by atoms with Crippen molar-refractivity contribution in [3.05, 3.63) is 23.5 Å². The summed E-state index contributed by atoms with van der Waals surface area (Å²) in [6.07, 6.45) is 1.60. The number of aryl methyl sites for hydroxylation is 1. The molecule has 1 heterocycles. The van der Waals surface area contributed by atoms with Crippen molar-refractivity contribution in [2.24, 2.45) is 12.5 Å². The van der Waals surface area contributed by atoms with Gasteiger partial charge in [-0.05, 0) is 13.0 Å². The topological polar surface area (TPSA) is 83.4 Å². The van der Waals surface area contributed by atoms with Gasteiger partial charge in [-0.3, -0.25) is 14.8 Å². The molecule has 1 unspecified atom stereocenters. The minimum Gasteiger partial charge on any atom is -0.352 e. The maximum Gasteiger partial charge on any atom is 0.276 e. The summed E-state index contributed by atoms with van der Waals surface area (Å²) < 4.78 is 1.75. The highest BCUT2D eigenvalue weighted by atomic mass is 16.5. The first-order valence-electron chi connectivity index (χ1n) is 6.08. The van der Waals surface area contributed by atoms with Crippen molar-refractivity contribution in [1.29, 1.82) is 0 Å². The van der Waals surface area contributed by atoms with E-state index >= 15 is 0 Å². The van der Waals surface area contributed by atoms with Crippen LogP contribution >= 0.6 is 0 Å². The molecule has 0 saturated heterocycles. The van der Waals surface area contributed by atoms with Crippen molar-refractivity contribution in [3.63, 3.8) is 0 Å². The molecule has 0 aromatic carbocycles. The van der Waals surface area contributed by atoms with Gasteiger partial charge >= 0.3 is 0 Å². The van der Waals surface area contributed by atoms with Crippen molar-refractivity contribution >= 4 is 11.8 Å². The Labute approximate surface area is 112 Å². The average molecular weight is 267 g/mol. The Kier molecular flexibility index (Phi) is 4.36. The van der Waals surface area contributed by atoms with Gasteiger partial charge in [0.1, 0.15) is 0 Å². The van der Waals surface area contributed by atoms with E-state index in [4.69, 9.17) is 5.21 Å². The Balaban J connectivity index is 2.89. The molecule has 106 valence electrons. The van der Waals surface area contributed by atoms with Crippen LogP contribution in [0.2, 0.25) is 0 Å². The summed E-state index contributed by atoms with van der Waals surface area (Å²) in [7, 11) is 1.78. The molecule has 0 radical (unpaired) electrons. The second kappa shape index (κ2) is 5.44. The zero-order valence-corrected chi connectivity index (χ0v) is 11.9. The lowest BCUT2D eigenvalue weighted by molar-refractivity contribution is -0.129. The molecular formula is C13H21N3O3. The first kappa shape index (κ1) is 15.2. The van der Waals surface area contributed by atoms with Gasteiger partial charge in [0.15, 0.2) is 0 Å². The molecule has 6 nitrogen and oxygen atoms in total. The van der Waals surface area contributed by atoms with Crippen LogP contribution in [0.25, 0.3) is 0 Å². The van der Waals surface area contributed by atoms with Gasteiger partial charge in [-0.15, -0.1) is 0 Å². The molecule has 0 bridgehead atoms. The minimum absolute atomic E-state index is 0.0608. The lowest BCUT2D eigenvalue weighted by Gasteiger charge is -2.22. The van der Waals surface area contributed by atoms with Gasteiger partial charge in [-0.25, -0.2) is 5.48 Å². The molecule has 0 aliphatic carbocycles. The summed E-state index contributed by atoms with van der Waals surface area (Å²) in [6, 6.07) is 1.41. The normalized spacial score (nSPS) is 12.9. The highest BCUT2D eigenvalue weighted by Gasteiger charge is 2.24. The molecule has 6 heteroatoms. The quantitative estimate of drug-likeness (QED) is 0.571. The summed E-state index contributed by atoms with van der Waals surface area (Å²) in [5.41, 5.74) is 2.25. The predicted molar refractivity (Wildman–Crippen MR) is 70.7 cm³/mol. The van der Waals surface area contributed by atoms with E-state index in [1.807, 2.05) is 27.7 Å². The van der Waals surface area contributed by atoms with E-state index in [2.05, 4.69) is 5.32 Å². The number of nitrogens with zero attached hydrogens (tertiary/aromatic N) is 1. The fourth-order valence-corrected chi connectivity index (χ4v) is 1.69. The van der Waals surface area contributed by atoms with E-state index in [1.54, 1.807) is 29.4 Å². The van der Waals surface area contributed by atoms with E-state index in [0.29, 0.717) is 5.56 Å². The zero-order valence-electron chi connectivity index (χ0n) is 11.9. The molecule has 3 N–H and O–H groups in total. The number of nitrogens with one attached hydrogen (secondary N) is 2. The number of carbonyl (C=O) groups excluding carboxylic acids is 2. The Morgan fingerprint density at radius 1 is 1.37 bits per heavy atom. The highest BCUT2D eigenvalue weighted by molar-refractivity contribution is 5.93. The number of amides is 2. The number of hydrogen-bond donors (Lipinski definition) is 3. The molecule has 2 amide bonds. The average Bonchev–Trinajstić information content (AvgIpc) is 2.69. The molecule has 0 fully saturated rings. The van der Waals surface area contributed by atoms with Crippen LogP contribution in [-0.2, 0) is 11.8 Å². The van der Waals surface area contributed by atoms with Crippen LogP contribution < -0.4 is 10.8 Å². The zero-order chi connectivity index (χ0) is 14.8. The Morgan fingerprint density at radius 2 is 1.95 bits per heavy atom. The van der Waals surface area contributed by atoms with Crippen LogP contribution in [0.4, 0.5) is 0 Å². The summed E-state index contributed by atoms with van der Waals surface area (Å²) in [4.78, 5) is 23.2. The Bertz CT molecular complexity index is 486. The van der Waals surface area contributed by atoms with Gasteiger partial charge in [0.2, 0.25) is 5.91 Å². The summed E-state index contributed by atoms with van der Waals surface area (Å²) in [5, 5.41) is 11.5. The van der Waals surface area contributed by atoms with E-state index in [9.17, 15) is 9.59 Å². The van der Waals surface area contributed by atoms with Crippen LogP contribution in [0.1, 0.15) is 49.8 Å². The second-order valence-corrected chi connectivity index (χ2v) is 5.65. The van der Waals surface area contributed by atoms with Crippen molar-refractivity contribution in [2.75, 3.05) is 0 Å². The summed E-state index contributed by atoms with van der Waals surface area (Å²) in [5.74, 6) is -0.634. The maximum absolute atomic E-state index is 11.9. The SMILES string of the molecule is CC(NC(=O)C(C)(C)C)c1cc(C(=O)NO)cn1C. The lowest BCUT2D eigenvalue weighted by atomic mass is 9.95. The predicted octanol–water partition coefficient (Wildman–Crippen LogP) is 1.37. The van der Waals surface area contributed by atoms with Gasteiger partial charge in [-0.2, -0.15) is 0 Å². The maximum atomic E-state index is 11.9. The molecule has 1 aromatic heterocycles. The first-order valence-corrected chi connectivity index (χ1v) is 6.08. The van der Waals surface area contributed by atoms with Gasteiger partial charge in [0, 0.05) is 24.4 Å². The fourth-order valence-electron chi connectivity index (χ4n) is 1.69. The minimum atomic E-state index is -0.573. The van der Waals surface area contributed by atoms with Crippen LogP contribution in [-0.4, -0.2) is 21.6 Å². The third kappa shape index (κ3) is 3.57. The van der Waals surface area contributed by atoms with Crippen LogP contribution in [0.3, 0.4) is 0 Å². The molecule has 19 heavy (non-hydrogen) atoms. The molecule has 0 spiro atoms. The van der Waals surface area contributed by atoms with Crippen molar-refractivity contribution < 1.29 is 14.8 Å². The number of carbonyl (C=O) groups is 2. The number of aromatic nitrogens is 1. The third-order valence-electron chi connectivity index (χ3n) is 2.88. The molecule has 1 aromatic rings. The van der Waals surface area contributed by atoms with Crippen molar-refractivity contribution in [1.82, 2.24) is 15.4 Å². The van der Waals surface area contributed by atoms with E-state index < -0.39 is 11.3 Å². The number of hydrogen-bond acceptors (Lipinski definition) is 3. The number of rotatable bonds is 3. The van der Waals surface area contributed by atoms with Crippen LogP contribution in [0.15, 0.2) is 12.3 Å². The Morgan fingerprint density at radius 3 is 2.42 bits per heavy atom. The highest BCUT2D eigenvalue weighted by Crippen LogP contribution is 2.19. The third-order valence-corrected chi connectivity index (χ3v) is 2.88. The largest absolute Gasteiger partial charge is 0.352 e. The Hall–Kier alpha value is -1.82. The molecule has 1 rings (SSSR count). The molecule has 1 atom stereocenters. The van der Waals surface area contributed by atoms with E-state index in [0.717, 1.165) is 5.69 Å². The molecule has 0 aliphatic rings. The van der Waals surface area contributed by atoms with Gasteiger partial charge < -0.3 is 9.88 Å². The van der Waals surface area contributed by atoms with E-state index in [-0.39, 0.29) is 11.9 Å². The fraction of sp³-hybridized carbons (Fsp3) is 0.538. The van der Waals surface area contributed by atoms with Gasteiger partial charge in [0.05, 0.1) is 11.6 Å². The van der Waals surface area contributed by atoms with Crippen molar-refractivity contribution in [2.45, 2.75) is 33.7 Å². The molecule has 0 aliphatic heterocycles. The molecular weight excluding hydrogens is 246 g/mol. The van der Waals surface area contributed by atoms with Crippen molar-refractivity contribution in [3.8, 4) is 0 Å². The second-order valence-electron chi connectivity index (χ2n) is 5.65.